The van der Waals surface area contributed by atoms with E-state index in [9.17, 15) is 21.6 Å². The molecular weight excluding hydrogens is 285 g/mol. The summed E-state index contributed by atoms with van der Waals surface area (Å²) in [5.41, 5.74) is 5.16. The summed E-state index contributed by atoms with van der Waals surface area (Å²) in [4.78, 5) is 3.74. The molecule has 1 aromatic rings. The molecule has 0 radical (unpaired) electrons. The summed E-state index contributed by atoms with van der Waals surface area (Å²) in [5.74, 6) is 0.387. The molecule has 0 saturated carbocycles. The second-order valence-corrected chi connectivity index (χ2v) is 5.86. The second kappa shape index (κ2) is 5.47. The summed E-state index contributed by atoms with van der Waals surface area (Å²) < 4.78 is 63.0. The molecular formula is C9H15F3N4O2S. The summed E-state index contributed by atoms with van der Waals surface area (Å²) in [7, 11) is -2.74. The molecule has 0 fully saturated rings. The number of aryl methyl sites for hydroxylation is 2. The molecule has 10 heteroatoms. The van der Waals surface area contributed by atoms with Crippen molar-refractivity contribution >= 4 is 10.0 Å². The molecule has 6 nitrogen and oxygen atoms in total. The molecule has 2 N–H and O–H groups in total. The molecule has 19 heavy (non-hydrogen) atoms. The molecule has 1 aromatic heterocycles. The van der Waals surface area contributed by atoms with Gasteiger partial charge in [0.1, 0.15) is 12.4 Å². The highest BCUT2D eigenvalue weighted by atomic mass is 32.2. The Balaban J connectivity index is 3.12. The number of alkyl halides is 3. The van der Waals surface area contributed by atoms with Crippen molar-refractivity contribution in [2.24, 2.45) is 12.8 Å². The fourth-order valence-corrected chi connectivity index (χ4v) is 2.88. The second-order valence-electron chi connectivity index (χ2n) is 3.98. The van der Waals surface area contributed by atoms with Gasteiger partial charge in [-0.15, -0.1) is 0 Å². The van der Waals surface area contributed by atoms with Crippen LogP contribution < -0.4 is 5.73 Å². The Morgan fingerprint density at radius 1 is 1.47 bits per heavy atom. The van der Waals surface area contributed by atoms with Crippen molar-refractivity contribution in [2.45, 2.75) is 18.1 Å². The maximum atomic E-state index is 12.4. The van der Waals surface area contributed by atoms with Crippen LogP contribution in [0.15, 0.2) is 11.2 Å². The number of nitrogens with zero attached hydrogens (tertiary/aromatic N) is 3. The number of imidazole rings is 1. The molecule has 0 bridgehead atoms. The molecule has 0 amide bonds. The van der Waals surface area contributed by atoms with Crippen molar-refractivity contribution in [2.75, 3.05) is 19.6 Å². The van der Waals surface area contributed by atoms with E-state index < -0.39 is 34.3 Å². The average Bonchev–Trinajstić information content (AvgIpc) is 2.57. The van der Waals surface area contributed by atoms with E-state index in [0.717, 1.165) is 0 Å². The summed E-state index contributed by atoms with van der Waals surface area (Å²) in [6.07, 6.45) is -3.46. The minimum Gasteiger partial charge on any atom is -0.337 e. The van der Waals surface area contributed by atoms with E-state index in [1.165, 1.54) is 10.8 Å². The fraction of sp³-hybridized carbons (Fsp3) is 0.667. The van der Waals surface area contributed by atoms with Gasteiger partial charge in [0, 0.05) is 26.3 Å². The predicted octanol–water partition coefficient (Wildman–Crippen LogP) is 0.240. The van der Waals surface area contributed by atoms with Gasteiger partial charge in [0.15, 0.2) is 5.03 Å². The average molecular weight is 300 g/mol. The zero-order valence-corrected chi connectivity index (χ0v) is 11.3. The molecule has 0 atom stereocenters. The molecule has 0 aromatic carbocycles. The summed E-state index contributed by atoms with van der Waals surface area (Å²) >= 11 is 0. The normalized spacial score (nSPS) is 13.2. The summed E-state index contributed by atoms with van der Waals surface area (Å²) in [6, 6.07) is 0. The van der Waals surface area contributed by atoms with Gasteiger partial charge in [-0.2, -0.15) is 17.5 Å². The van der Waals surface area contributed by atoms with Gasteiger partial charge < -0.3 is 10.3 Å². The maximum absolute atomic E-state index is 12.4. The van der Waals surface area contributed by atoms with Crippen LogP contribution in [-0.4, -0.2) is 48.1 Å². The molecule has 1 heterocycles. The highest BCUT2D eigenvalue weighted by Crippen LogP contribution is 2.21. The Bertz CT molecular complexity index is 519. The standard InChI is InChI=1S/C9H15F3N4O2S/c1-7-14-8(5-15(7)2)19(17,18)16(4-3-13)6-9(10,11)12/h5H,3-4,6,13H2,1-2H3. The fourth-order valence-electron chi connectivity index (χ4n) is 1.41. The minimum atomic E-state index is -4.63. The van der Waals surface area contributed by atoms with E-state index in [2.05, 4.69) is 4.98 Å². The van der Waals surface area contributed by atoms with Gasteiger partial charge in [-0.25, -0.2) is 13.4 Å². The lowest BCUT2D eigenvalue weighted by Gasteiger charge is -2.21. The smallest absolute Gasteiger partial charge is 0.337 e. The van der Waals surface area contributed by atoms with Crippen molar-refractivity contribution in [3.8, 4) is 0 Å². The monoisotopic (exact) mass is 300 g/mol. The topological polar surface area (TPSA) is 81.2 Å². The van der Waals surface area contributed by atoms with Crippen LogP contribution in [0.3, 0.4) is 0 Å². The number of nitrogens with two attached hydrogens (primary N) is 1. The van der Waals surface area contributed by atoms with Gasteiger partial charge in [0.25, 0.3) is 10.0 Å². The molecule has 0 aliphatic heterocycles. The van der Waals surface area contributed by atoms with E-state index in [4.69, 9.17) is 5.73 Å². The zero-order chi connectivity index (χ0) is 14.8. The van der Waals surface area contributed by atoms with Crippen molar-refractivity contribution < 1.29 is 21.6 Å². The number of sulfonamides is 1. The van der Waals surface area contributed by atoms with Crippen molar-refractivity contribution in [1.82, 2.24) is 13.9 Å². The number of aromatic nitrogens is 2. The molecule has 0 saturated heterocycles. The first-order valence-corrected chi connectivity index (χ1v) is 6.79. The number of rotatable bonds is 5. The van der Waals surface area contributed by atoms with Crippen LogP contribution in [0, 0.1) is 6.92 Å². The Kier molecular flexibility index (Phi) is 4.59. The van der Waals surface area contributed by atoms with Gasteiger partial charge in [-0.1, -0.05) is 0 Å². The Hall–Kier alpha value is -1.13. The largest absolute Gasteiger partial charge is 0.402 e. The molecule has 0 aliphatic rings. The third kappa shape index (κ3) is 3.91. The van der Waals surface area contributed by atoms with E-state index >= 15 is 0 Å². The molecule has 1 rings (SSSR count). The van der Waals surface area contributed by atoms with E-state index in [1.54, 1.807) is 14.0 Å². The quantitative estimate of drug-likeness (QED) is 0.844. The van der Waals surface area contributed by atoms with Crippen molar-refractivity contribution in [3.63, 3.8) is 0 Å². The highest BCUT2D eigenvalue weighted by Gasteiger charge is 2.37. The third-order valence-corrected chi connectivity index (χ3v) is 4.14. The molecule has 110 valence electrons. The number of halogens is 3. The lowest BCUT2D eigenvalue weighted by atomic mass is 10.5. The number of hydrogen-bond acceptors (Lipinski definition) is 4. The number of hydrogen-bond donors (Lipinski definition) is 1. The van der Waals surface area contributed by atoms with Crippen LogP contribution >= 0.6 is 0 Å². The lowest BCUT2D eigenvalue weighted by Crippen LogP contribution is -2.41. The summed E-state index contributed by atoms with van der Waals surface area (Å²) in [5, 5.41) is -0.412. The lowest BCUT2D eigenvalue weighted by molar-refractivity contribution is -0.136. The van der Waals surface area contributed by atoms with E-state index in [0.29, 0.717) is 5.82 Å². The van der Waals surface area contributed by atoms with Crippen LogP contribution in [0.2, 0.25) is 0 Å². The highest BCUT2D eigenvalue weighted by molar-refractivity contribution is 7.89. The maximum Gasteiger partial charge on any atom is 0.402 e. The first-order valence-electron chi connectivity index (χ1n) is 5.35. The van der Waals surface area contributed by atoms with Gasteiger partial charge in [-0.05, 0) is 6.92 Å². The van der Waals surface area contributed by atoms with Crippen molar-refractivity contribution in [3.05, 3.63) is 12.0 Å². The molecule has 0 spiro atoms. The Labute approximate surface area is 109 Å². The van der Waals surface area contributed by atoms with Crippen molar-refractivity contribution in [1.29, 1.82) is 0 Å². The molecule has 0 unspecified atom stereocenters. The van der Waals surface area contributed by atoms with Crippen LogP contribution in [0.1, 0.15) is 5.82 Å². The first-order chi connectivity index (χ1) is 8.58. The zero-order valence-electron chi connectivity index (χ0n) is 10.5. The van der Waals surface area contributed by atoms with Crippen LogP contribution in [0.5, 0.6) is 0 Å². The third-order valence-electron chi connectivity index (χ3n) is 2.42. The van der Waals surface area contributed by atoms with Crippen LogP contribution in [-0.2, 0) is 17.1 Å². The minimum absolute atomic E-state index is 0.207. The van der Waals surface area contributed by atoms with Gasteiger partial charge in [-0.3, -0.25) is 0 Å². The van der Waals surface area contributed by atoms with Gasteiger partial charge >= 0.3 is 6.18 Å². The predicted molar refractivity (Wildman–Crippen MR) is 61.8 cm³/mol. The van der Waals surface area contributed by atoms with E-state index in [1.807, 2.05) is 0 Å². The SMILES string of the molecule is Cc1nc(S(=O)(=O)N(CCN)CC(F)(F)F)cn1C. The first kappa shape index (κ1) is 15.9. The Morgan fingerprint density at radius 2 is 2.05 bits per heavy atom. The van der Waals surface area contributed by atoms with E-state index in [-0.39, 0.29) is 10.8 Å². The Morgan fingerprint density at radius 3 is 2.42 bits per heavy atom. The molecule has 0 aliphatic carbocycles. The van der Waals surface area contributed by atoms with Gasteiger partial charge in [0.05, 0.1) is 0 Å². The van der Waals surface area contributed by atoms with Crippen LogP contribution in [0.4, 0.5) is 13.2 Å². The van der Waals surface area contributed by atoms with Gasteiger partial charge in [0.2, 0.25) is 0 Å². The summed E-state index contributed by atoms with van der Waals surface area (Å²) in [6.45, 7) is -0.656. The van der Waals surface area contributed by atoms with Crippen LogP contribution in [0.25, 0.3) is 0 Å².